The lowest BCUT2D eigenvalue weighted by atomic mass is 9.84. The van der Waals surface area contributed by atoms with Crippen LogP contribution in [0.4, 0.5) is 0 Å². The van der Waals surface area contributed by atoms with Crippen LogP contribution in [0.15, 0.2) is 168 Å². The van der Waals surface area contributed by atoms with E-state index >= 15 is 0 Å². The van der Waals surface area contributed by atoms with E-state index in [2.05, 4.69) is 65.2 Å². The number of aliphatic imine (C=N–C) groups is 2. The van der Waals surface area contributed by atoms with E-state index in [9.17, 15) is 30.6 Å². The Kier molecular flexibility index (Phi) is 13.8. The molecule has 2 atom stereocenters. The maximum atomic E-state index is 11.8. The third-order valence-electron chi connectivity index (χ3n) is 15.4. The highest BCUT2D eigenvalue weighted by Gasteiger charge is 2.27. The van der Waals surface area contributed by atoms with Crippen molar-refractivity contribution in [2.45, 2.75) is 90.1 Å². The van der Waals surface area contributed by atoms with Gasteiger partial charge < -0.3 is 30.6 Å². The number of benzene rings is 10. The average molecular weight is 1050 g/mol. The molecular weight excluding hydrogens is 989 g/mol. The van der Waals surface area contributed by atoms with Crippen molar-refractivity contribution in [1.29, 1.82) is 0 Å². The molecule has 0 aromatic heterocycles. The maximum Gasteiger partial charge on any atom is 0.128 e. The molecule has 0 aliphatic heterocycles. The van der Waals surface area contributed by atoms with Gasteiger partial charge in [0.05, 0.1) is 12.1 Å². The van der Waals surface area contributed by atoms with Gasteiger partial charge in [0.1, 0.15) is 34.5 Å². The molecule has 0 saturated heterocycles. The standard InChI is InChI=1S/C72H62N2O6/c1-71(2,3)57-39-45(21-19-43-23-29-55-49(35-43)27-33-63(77)67(55)65-53-15-9-7-13-47(53)25-31-61(65)75)37-51(69(57)79)41-73-59-17-11-12-18-60(59)74-42-52-38-46(40-58(70(52)80)72(4,5)6)22-20-44-24-30-56-50(36-44)28-34-64(78)68(56)66-54-16-10-8-14-48(54)26-32-62(66)76/h7-10,13-16,23-42,59-60,75-80H,11-12,17-18H2,1-6H3. The fourth-order valence-corrected chi connectivity index (χ4v) is 11.2. The molecular formula is C72H62N2O6. The molecule has 2 unspecified atom stereocenters. The number of fused-ring (bicyclic) bond motifs is 4. The molecule has 0 amide bonds. The Balaban J connectivity index is 0.872. The first-order chi connectivity index (χ1) is 38.4. The molecule has 0 spiro atoms. The smallest absolute Gasteiger partial charge is 0.128 e. The maximum absolute atomic E-state index is 11.8. The van der Waals surface area contributed by atoms with Crippen LogP contribution in [0.5, 0.6) is 34.5 Å². The minimum atomic E-state index is -0.405. The zero-order chi connectivity index (χ0) is 56.0. The second kappa shape index (κ2) is 21.0. The first-order valence-electron chi connectivity index (χ1n) is 27.2. The molecule has 8 nitrogen and oxygen atoms in total. The van der Waals surface area contributed by atoms with Crippen LogP contribution < -0.4 is 0 Å². The van der Waals surface area contributed by atoms with E-state index in [1.54, 1.807) is 36.7 Å². The first-order valence-corrected chi connectivity index (χ1v) is 27.2. The summed E-state index contributed by atoms with van der Waals surface area (Å²) in [5.41, 5.74) is 7.06. The predicted molar refractivity (Wildman–Crippen MR) is 327 cm³/mol. The van der Waals surface area contributed by atoms with Crippen LogP contribution in [0.1, 0.15) is 112 Å². The Hall–Kier alpha value is -9.50. The third-order valence-corrected chi connectivity index (χ3v) is 15.4. The van der Waals surface area contributed by atoms with Crippen molar-refractivity contribution in [3.63, 3.8) is 0 Å². The van der Waals surface area contributed by atoms with Gasteiger partial charge in [-0.1, -0.05) is 163 Å². The molecule has 11 rings (SSSR count). The summed E-state index contributed by atoms with van der Waals surface area (Å²) in [5.74, 6) is 14.0. The number of hydrogen-bond acceptors (Lipinski definition) is 8. The van der Waals surface area contributed by atoms with Crippen molar-refractivity contribution >= 4 is 55.5 Å². The van der Waals surface area contributed by atoms with Crippen LogP contribution in [0.2, 0.25) is 0 Å². The Bertz CT molecular complexity index is 4040. The molecule has 396 valence electrons. The normalized spacial score (nSPS) is 14.9. The predicted octanol–water partition coefficient (Wildman–Crippen LogP) is 16.1. The summed E-state index contributed by atoms with van der Waals surface area (Å²) < 4.78 is 0. The van der Waals surface area contributed by atoms with Crippen molar-refractivity contribution < 1.29 is 30.6 Å². The van der Waals surface area contributed by atoms with Crippen LogP contribution in [-0.2, 0) is 10.8 Å². The van der Waals surface area contributed by atoms with E-state index in [1.165, 1.54) is 0 Å². The summed E-state index contributed by atoms with van der Waals surface area (Å²) in [6.45, 7) is 12.4. The fourth-order valence-electron chi connectivity index (χ4n) is 11.2. The second-order valence-electron chi connectivity index (χ2n) is 23.1. The number of rotatable bonds is 6. The fraction of sp³-hybridized carbons (Fsp3) is 0.194. The Morgan fingerprint density at radius 1 is 0.375 bits per heavy atom. The van der Waals surface area contributed by atoms with Crippen LogP contribution in [0.3, 0.4) is 0 Å². The zero-order valence-corrected chi connectivity index (χ0v) is 45.7. The lowest BCUT2D eigenvalue weighted by molar-refractivity contribution is 0.390. The summed E-state index contributed by atoms with van der Waals surface area (Å²) in [5, 5.41) is 75.0. The van der Waals surface area contributed by atoms with Crippen LogP contribution >= 0.6 is 0 Å². The number of phenols is 6. The van der Waals surface area contributed by atoms with E-state index in [0.717, 1.165) is 102 Å². The molecule has 10 aromatic rings. The molecule has 1 aliphatic rings. The van der Waals surface area contributed by atoms with E-state index in [1.807, 2.05) is 133 Å². The molecule has 0 heterocycles. The topological polar surface area (TPSA) is 146 Å². The lowest BCUT2D eigenvalue weighted by Crippen LogP contribution is -2.27. The highest BCUT2D eigenvalue weighted by atomic mass is 16.3. The summed E-state index contributed by atoms with van der Waals surface area (Å²) >= 11 is 0. The second-order valence-corrected chi connectivity index (χ2v) is 23.1. The van der Waals surface area contributed by atoms with Gasteiger partial charge in [-0.25, -0.2) is 0 Å². The number of hydrogen-bond donors (Lipinski definition) is 6. The molecule has 8 heteroatoms. The molecule has 1 saturated carbocycles. The van der Waals surface area contributed by atoms with Crippen LogP contribution in [0.25, 0.3) is 65.3 Å². The minimum Gasteiger partial charge on any atom is -0.507 e. The van der Waals surface area contributed by atoms with Crippen molar-refractivity contribution in [3.05, 3.63) is 202 Å². The van der Waals surface area contributed by atoms with Gasteiger partial charge in [0.2, 0.25) is 0 Å². The van der Waals surface area contributed by atoms with Gasteiger partial charge in [0, 0.05) is 79.2 Å². The number of aromatic hydroxyl groups is 6. The van der Waals surface area contributed by atoms with Crippen molar-refractivity contribution in [2.24, 2.45) is 9.98 Å². The van der Waals surface area contributed by atoms with Gasteiger partial charge in [0.25, 0.3) is 0 Å². The van der Waals surface area contributed by atoms with Crippen LogP contribution in [-0.4, -0.2) is 55.2 Å². The summed E-state index contributed by atoms with van der Waals surface area (Å²) in [6, 6.07) is 48.6. The highest BCUT2D eigenvalue weighted by molar-refractivity contribution is 6.11. The minimum absolute atomic E-state index is 0.0728. The Morgan fingerprint density at radius 3 is 1.09 bits per heavy atom. The number of nitrogens with zero attached hydrogens (tertiary/aromatic N) is 2. The van der Waals surface area contributed by atoms with Gasteiger partial charge in [-0.15, -0.1) is 0 Å². The van der Waals surface area contributed by atoms with E-state index in [-0.39, 0.29) is 46.6 Å². The van der Waals surface area contributed by atoms with E-state index in [4.69, 9.17) is 9.98 Å². The first kappa shape index (κ1) is 52.5. The zero-order valence-electron chi connectivity index (χ0n) is 45.7. The molecule has 1 fully saturated rings. The summed E-state index contributed by atoms with van der Waals surface area (Å²) in [6.07, 6.45) is 7.12. The highest BCUT2D eigenvalue weighted by Crippen LogP contribution is 2.47. The van der Waals surface area contributed by atoms with Crippen molar-refractivity contribution in [1.82, 2.24) is 0 Å². The van der Waals surface area contributed by atoms with E-state index in [0.29, 0.717) is 33.4 Å². The van der Waals surface area contributed by atoms with Gasteiger partial charge in [-0.3, -0.25) is 9.98 Å². The van der Waals surface area contributed by atoms with E-state index < -0.39 is 10.8 Å². The van der Waals surface area contributed by atoms with Crippen molar-refractivity contribution in [2.75, 3.05) is 0 Å². The lowest BCUT2D eigenvalue weighted by Gasteiger charge is -2.26. The van der Waals surface area contributed by atoms with Gasteiger partial charge in [0.15, 0.2) is 0 Å². The SMILES string of the molecule is CC(C)(C)c1cc(C#Cc2ccc3c(-c4c(O)ccc5ccccc45)c(O)ccc3c2)cc(C=NC2CCCCC2N=Cc2cc(C#Cc3ccc4c(-c5c(O)ccc6ccccc56)c(O)ccc4c3)cc(C(C)(C)C)c2O)c1O. The molecule has 80 heavy (non-hydrogen) atoms. The largest absolute Gasteiger partial charge is 0.507 e. The quantitative estimate of drug-likeness (QED) is 0.0722. The Labute approximate surface area is 466 Å². The summed E-state index contributed by atoms with van der Waals surface area (Å²) in [4.78, 5) is 10.2. The van der Waals surface area contributed by atoms with Crippen molar-refractivity contribution in [3.8, 4) is 80.4 Å². The average Bonchev–Trinajstić information content (AvgIpc) is 3.51. The molecule has 0 bridgehead atoms. The molecule has 0 radical (unpaired) electrons. The van der Waals surface area contributed by atoms with Gasteiger partial charge >= 0.3 is 0 Å². The molecule has 10 aromatic carbocycles. The Morgan fingerprint density at radius 2 is 0.713 bits per heavy atom. The molecule has 1 aliphatic carbocycles. The van der Waals surface area contributed by atoms with Crippen LogP contribution in [0, 0.1) is 23.7 Å². The monoisotopic (exact) mass is 1050 g/mol. The third kappa shape index (κ3) is 10.4. The molecule has 6 N–H and O–H groups in total. The number of phenolic OH excluding ortho intramolecular Hbond substituents is 6. The van der Waals surface area contributed by atoms with Gasteiger partial charge in [-0.2, -0.15) is 0 Å². The summed E-state index contributed by atoms with van der Waals surface area (Å²) in [7, 11) is 0. The van der Waals surface area contributed by atoms with Gasteiger partial charge in [-0.05, 0) is 140 Å².